The molecular formula is C25H31F3N2O. The summed E-state index contributed by atoms with van der Waals surface area (Å²) in [6.45, 7) is 10.3. The third kappa shape index (κ3) is 6.88. The molecule has 0 bridgehead atoms. The van der Waals surface area contributed by atoms with Gasteiger partial charge in [0.25, 0.3) is 0 Å². The summed E-state index contributed by atoms with van der Waals surface area (Å²) in [6, 6.07) is 5.80. The summed E-state index contributed by atoms with van der Waals surface area (Å²) in [4.78, 5) is 14.7. The van der Waals surface area contributed by atoms with Crippen LogP contribution in [-0.2, 0) is 4.79 Å². The number of nitrogens with one attached hydrogen (secondary N) is 1. The minimum absolute atomic E-state index is 0.158. The molecule has 168 valence electrons. The summed E-state index contributed by atoms with van der Waals surface area (Å²) >= 11 is 0. The summed E-state index contributed by atoms with van der Waals surface area (Å²) in [5.74, 6) is -2.22. The summed E-state index contributed by atoms with van der Waals surface area (Å²) in [5, 5.41) is 2.85. The highest BCUT2D eigenvalue weighted by molar-refractivity contribution is 5.88. The minimum Gasteiger partial charge on any atom is -0.371 e. The van der Waals surface area contributed by atoms with Crippen LogP contribution in [0.5, 0.6) is 0 Å². The number of halogens is 3. The van der Waals surface area contributed by atoms with E-state index >= 15 is 0 Å². The first-order valence-electron chi connectivity index (χ1n) is 10.5. The van der Waals surface area contributed by atoms with Crippen LogP contribution in [-0.4, -0.2) is 25.7 Å². The van der Waals surface area contributed by atoms with Crippen molar-refractivity contribution in [3.63, 3.8) is 0 Å². The monoisotopic (exact) mass is 432 g/mol. The first-order chi connectivity index (χ1) is 14.8. The standard InChI is InChI=1S/C25H31F3N2O/c1-5-22(27)23(28)14-20(15-26)11-12-25(31)29-19(4)21-9-6-10-24(18(21)3)30-13-7-8-17(2)16-30/h5-6,9-12,14,17,19H,1,7-8,13,15-16H2,2-4H3,(H,29,31)/b12-11+,20-14-,23-22-. The molecule has 31 heavy (non-hydrogen) atoms. The highest BCUT2D eigenvalue weighted by atomic mass is 19.2. The van der Waals surface area contributed by atoms with E-state index < -0.39 is 24.2 Å². The lowest BCUT2D eigenvalue weighted by molar-refractivity contribution is -0.117. The molecule has 1 aromatic carbocycles. The predicted molar refractivity (Wildman–Crippen MR) is 121 cm³/mol. The van der Waals surface area contributed by atoms with Crippen molar-refractivity contribution in [2.75, 3.05) is 24.7 Å². The number of carbonyl (C=O) groups excluding carboxylic acids is 1. The van der Waals surface area contributed by atoms with Crippen LogP contribution >= 0.6 is 0 Å². The van der Waals surface area contributed by atoms with Gasteiger partial charge in [0.15, 0.2) is 11.7 Å². The van der Waals surface area contributed by atoms with Crippen LogP contribution in [0.1, 0.15) is 43.9 Å². The van der Waals surface area contributed by atoms with Gasteiger partial charge in [0, 0.05) is 24.9 Å². The number of carbonyl (C=O) groups is 1. The first-order valence-corrected chi connectivity index (χ1v) is 10.5. The first kappa shape index (κ1) is 24.5. The molecule has 1 heterocycles. The molecular weight excluding hydrogens is 401 g/mol. The van der Waals surface area contributed by atoms with E-state index in [1.54, 1.807) is 0 Å². The van der Waals surface area contributed by atoms with Crippen LogP contribution in [0.15, 0.2) is 66.3 Å². The Bertz CT molecular complexity index is 889. The lowest BCUT2D eigenvalue weighted by atomic mass is 9.96. The molecule has 0 aliphatic carbocycles. The van der Waals surface area contributed by atoms with Crippen LogP contribution in [0.2, 0.25) is 0 Å². The number of rotatable bonds is 8. The van der Waals surface area contributed by atoms with Crippen LogP contribution in [0.25, 0.3) is 0 Å². The Hall–Kier alpha value is -2.76. The van der Waals surface area contributed by atoms with Gasteiger partial charge in [-0.2, -0.15) is 0 Å². The maximum absolute atomic E-state index is 13.5. The van der Waals surface area contributed by atoms with Gasteiger partial charge in [0.2, 0.25) is 5.91 Å². The number of nitrogens with zero attached hydrogens (tertiary/aromatic N) is 1. The Labute approximate surface area is 183 Å². The van der Waals surface area contributed by atoms with Gasteiger partial charge in [-0.15, -0.1) is 0 Å². The number of piperidine rings is 1. The fraction of sp³-hybridized carbons (Fsp3) is 0.400. The minimum atomic E-state index is -1.24. The van der Waals surface area contributed by atoms with Gasteiger partial charge in [-0.25, -0.2) is 13.2 Å². The maximum Gasteiger partial charge on any atom is 0.244 e. The molecule has 1 aromatic rings. The van der Waals surface area contributed by atoms with Crippen molar-refractivity contribution in [3.8, 4) is 0 Å². The molecule has 0 aromatic heterocycles. The van der Waals surface area contributed by atoms with Gasteiger partial charge in [-0.05, 0) is 67.5 Å². The van der Waals surface area contributed by atoms with E-state index in [1.165, 1.54) is 18.5 Å². The van der Waals surface area contributed by atoms with Gasteiger partial charge in [0.05, 0.1) is 6.04 Å². The Balaban J connectivity index is 2.10. The molecule has 2 rings (SSSR count). The second kappa shape index (κ2) is 11.6. The molecule has 6 heteroatoms. The third-order valence-corrected chi connectivity index (χ3v) is 5.49. The Morgan fingerprint density at radius 1 is 1.32 bits per heavy atom. The van der Waals surface area contributed by atoms with E-state index in [-0.39, 0.29) is 11.6 Å². The molecule has 1 fully saturated rings. The Kier molecular flexibility index (Phi) is 9.16. The second-order valence-corrected chi connectivity index (χ2v) is 8.00. The van der Waals surface area contributed by atoms with E-state index in [1.807, 2.05) is 19.1 Å². The molecule has 0 spiro atoms. The number of hydrogen-bond acceptors (Lipinski definition) is 2. The maximum atomic E-state index is 13.5. The highest BCUT2D eigenvalue weighted by Crippen LogP contribution is 2.30. The molecule has 1 aliphatic heterocycles. The van der Waals surface area contributed by atoms with Crippen LogP contribution < -0.4 is 10.2 Å². The summed E-state index contributed by atoms with van der Waals surface area (Å²) in [5.41, 5.74) is 3.13. The van der Waals surface area contributed by atoms with Crippen LogP contribution in [0.3, 0.4) is 0 Å². The van der Waals surface area contributed by atoms with E-state index in [4.69, 9.17) is 0 Å². The van der Waals surface area contributed by atoms with Gasteiger partial charge in [0.1, 0.15) is 6.67 Å². The van der Waals surface area contributed by atoms with E-state index in [0.29, 0.717) is 18.1 Å². The zero-order chi connectivity index (χ0) is 23.0. The zero-order valence-corrected chi connectivity index (χ0v) is 18.4. The number of amides is 1. The SMILES string of the molecule is C=C\C(F)=C(F)/C=C(/C=C/C(=O)NC(C)c1cccc(N2CCCC(C)C2)c1C)CF. The molecule has 0 radical (unpaired) electrons. The smallest absolute Gasteiger partial charge is 0.244 e. The quantitative estimate of drug-likeness (QED) is 0.392. The molecule has 3 nitrogen and oxygen atoms in total. The lowest BCUT2D eigenvalue weighted by Gasteiger charge is -2.34. The molecule has 1 saturated heterocycles. The molecule has 1 aliphatic rings. The average Bonchev–Trinajstić information content (AvgIpc) is 2.75. The lowest BCUT2D eigenvalue weighted by Crippen LogP contribution is -2.35. The Morgan fingerprint density at radius 3 is 2.71 bits per heavy atom. The van der Waals surface area contributed by atoms with Crippen molar-refractivity contribution in [1.82, 2.24) is 5.32 Å². The van der Waals surface area contributed by atoms with E-state index in [2.05, 4.69) is 36.7 Å². The zero-order valence-electron chi connectivity index (χ0n) is 18.4. The third-order valence-electron chi connectivity index (χ3n) is 5.49. The molecule has 1 N–H and O–H groups in total. The van der Waals surface area contributed by atoms with Crippen molar-refractivity contribution >= 4 is 11.6 Å². The van der Waals surface area contributed by atoms with Crippen LogP contribution in [0, 0.1) is 12.8 Å². The van der Waals surface area contributed by atoms with Crippen molar-refractivity contribution < 1.29 is 18.0 Å². The highest BCUT2D eigenvalue weighted by Gasteiger charge is 2.20. The van der Waals surface area contributed by atoms with Gasteiger partial charge >= 0.3 is 0 Å². The topological polar surface area (TPSA) is 32.3 Å². The molecule has 2 unspecified atom stereocenters. The summed E-state index contributed by atoms with van der Waals surface area (Å²) < 4.78 is 39.7. The average molecular weight is 433 g/mol. The molecule has 1 amide bonds. The summed E-state index contributed by atoms with van der Waals surface area (Å²) in [6.07, 6.45) is 6.06. The fourth-order valence-electron chi connectivity index (χ4n) is 3.84. The van der Waals surface area contributed by atoms with Gasteiger partial charge in [-0.1, -0.05) is 31.7 Å². The number of alkyl halides is 1. The Morgan fingerprint density at radius 2 is 2.06 bits per heavy atom. The van der Waals surface area contributed by atoms with E-state index in [0.717, 1.165) is 36.4 Å². The van der Waals surface area contributed by atoms with Crippen molar-refractivity contribution in [2.24, 2.45) is 5.92 Å². The van der Waals surface area contributed by atoms with Crippen LogP contribution in [0.4, 0.5) is 18.9 Å². The second-order valence-electron chi connectivity index (χ2n) is 8.00. The van der Waals surface area contributed by atoms with Crippen molar-refractivity contribution in [1.29, 1.82) is 0 Å². The largest absolute Gasteiger partial charge is 0.371 e. The molecule has 2 atom stereocenters. The molecule has 0 saturated carbocycles. The normalized spacial score (nSPS) is 19.2. The fourth-order valence-corrected chi connectivity index (χ4v) is 3.84. The number of hydrogen-bond donors (Lipinski definition) is 1. The number of allylic oxidation sites excluding steroid dienone is 6. The van der Waals surface area contributed by atoms with Gasteiger partial charge in [-0.3, -0.25) is 4.79 Å². The summed E-state index contributed by atoms with van der Waals surface area (Å²) in [7, 11) is 0. The number of benzene rings is 1. The van der Waals surface area contributed by atoms with Crippen molar-refractivity contribution in [2.45, 2.75) is 39.7 Å². The number of anilines is 1. The predicted octanol–water partition coefficient (Wildman–Crippen LogP) is 6.20. The van der Waals surface area contributed by atoms with Crippen molar-refractivity contribution in [3.05, 3.63) is 77.4 Å². The van der Waals surface area contributed by atoms with Gasteiger partial charge < -0.3 is 10.2 Å². The van der Waals surface area contributed by atoms with E-state index in [9.17, 15) is 18.0 Å².